The Labute approximate surface area is 177 Å². The maximum absolute atomic E-state index is 13.5. The number of hydrogen-bond acceptors (Lipinski definition) is 3. The molecule has 4 nitrogen and oxygen atoms in total. The average Bonchev–Trinajstić information content (AvgIpc) is 2.74. The summed E-state index contributed by atoms with van der Waals surface area (Å²) < 4.78 is 28.6. The lowest BCUT2D eigenvalue weighted by Crippen LogP contribution is -2.52. The normalized spacial score (nSPS) is 16.6. The van der Waals surface area contributed by atoms with Crippen molar-refractivity contribution in [3.05, 3.63) is 90.0 Å². The average molecular weight is 427 g/mol. The SMILES string of the molecule is Cc1ccc(S(=O)(=O)N2c3ccccc3N(Cc3ccccc3)C[C@@H]2CCl)cc1. The van der Waals surface area contributed by atoms with Crippen molar-refractivity contribution >= 4 is 33.0 Å². The van der Waals surface area contributed by atoms with E-state index in [4.69, 9.17) is 11.6 Å². The van der Waals surface area contributed by atoms with Crippen LogP contribution in [-0.2, 0) is 16.6 Å². The molecule has 6 heteroatoms. The zero-order chi connectivity index (χ0) is 20.4. The van der Waals surface area contributed by atoms with Gasteiger partial charge in [-0.3, -0.25) is 4.31 Å². The van der Waals surface area contributed by atoms with Crippen LogP contribution >= 0.6 is 11.6 Å². The summed E-state index contributed by atoms with van der Waals surface area (Å²) in [6, 6.07) is 24.4. The molecule has 1 heterocycles. The first-order chi connectivity index (χ1) is 14.0. The molecular formula is C23H23ClN2O2S. The van der Waals surface area contributed by atoms with Crippen LogP contribution in [0.25, 0.3) is 0 Å². The summed E-state index contributed by atoms with van der Waals surface area (Å²) in [6.45, 7) is 3.17. The molecule has 0 aliphatic carbocycles. The molecule has 0 saturated carbocycles. The Morgan fingerprint density at radius 3 is 2.17 bits per heavy atom. The minimum absolute atomic E-state index is 0.213. The lowest BCUT2D eigenvalue weighted by Gasteiger charge is -2.43. The molecule has 0 fully saturated rings. The first-order valence-corrected chi connectivity index (χ1v) is 11.5. The van der Waals surface area contributed by atoms with Gasteiger partial charge in [0.15, 0.2) is 0 Å². The highest BCUT2D eigenvalue weighted by molar-refractivity contribution is 7.92. The highest BCUT2D eigenvalue weighted by atomic mass is 35.5. The van der Waals surface area contributed by atoms with Gasteiger partial charge in [0.05, 0.1) is 22.3 Å². The quantitative estimate of drug-likeness (QED) is 0.549. The molecule has 0 unspecified atom stereocenters. The Hall–Kier alpha value is -2.50. The number of benzene rings is 3. The highest BCUT2D eigenvalue weighted by Crippen LogP contribution is 2.39. The summed E-state index contributed by atoms with van der Waals surface area (Å²) in [5, 5.41) is 0. The fraction of sp³-hybridized carbons (Fsp3) is 0.217. The van der Waals surface area contributed by atoms with Crippen molar-refractivity contribution in [3.8, 4) is 0 Å². The summed E-state index contributed by atoms with van der Waals surface area (Å²) in [6.07, 6.45) is 0. The van der Waals surface area contributed by atoms with Crippen molar-refractivity contribution in [1.29, 1.82) is 0 Å². The first kappa shape index (κ1) is 19.8. The van der Waals surface area contributed by atoms with E-state index >= 15 is 0 Å². The maximum atomic E-state index is 13.5. The van der Waals surface area contributed by atoms with E-state index in [1.165, 1.54) is 9.87 Å². The molecular weight excluding hydrogens is 404 g/mol. The fourth-order valence-corrected chi connectivity index (χ4v) is 5.73. The lowest BCUT2D eigenvalue weighted by atomic mass is 10.1. The number of nitrogens with zero attached hydrogens (tertiary/aromatic N) is 2. The molecule has 0 spiro atoms. The zero-order valence-corrected chi connectivity index (χ0v) is 17.8. The Morgan fingerprint density at radius 1 is 0.897 bits per heavy atom. The van der Waals surface area contributed by atoms with E-state index in [1.807, 2.05) is 61.5 Å². The number of hydrogen-bond donors (Lipinski definition) is 0. The molecule has 0 saturated heterocycles. The number of alkyl halides is 1. The number of sulfonamides is 1. The molecule has 29 heavy (non-hydrogen) atoms. The van der Waals surface area contributed by atoms with Gasteiger partial charge >= 0.3 is 0 Å². The van der Waals surface area contributed by atoms with E-state index in [9.17, 15) is 8.42 Å². The Balaban J connectivity index is 1.78. The van der Waals surface area contributed by atoms with Crippen LogP contribution in [0.1, 0.15) is 11.1 Å². The Kier molecular flexibility index (Phi) is 5.52. The van der Waals surface area contributed by atoms with E-state index in [0.29, 0.717) is 18.8 Å². The predicted molar refractivity (Wildman–Crippen MR) is 119 cm³/mol. The Morgan fingerprint density at radius 2 is 1.52 bits per heavy atom. The van der Waals surface area contributed by atoms with Gasteiger partial charge in [-0.1, -0.05) is 60.2 Å². The topological polar surface area (TPSA) is 40.6 Å². The van der Waals surface area contributed by atoms with Crippen molar-refractivity contribution in [2.45, 2.75) is 24.4 Å². The minimum Gasteiger partial charge on any atom is -0.363 e. The van der Waals surface area contributed by atoms with Gasteiger partial charge in [0, 0.05) is 19.0 Å². The van der Waals surface area contributed by atoms with E-state index in [0.717, 1.165) is 11.3 Å². The molecule has 3 aromatic carbocycles. The third-order valence-corrected chi connectivity index (χ3v) is 7.43. The third kappa shape index (κ3) is 3.85. The molecule has 3 aromatic rings. The van der Waals surface area contributed by atoms with Gasteiger partial charge in [0.1, 0.15) is 0 Å². The maximum Gasteiger partial charge on any atom is 0.264 e. The van der Waals surface area contributed by atoms with Gasteiger partial charge in [-0.05, 0) is 36.8 Å². The van der Waals surface area contributed by atoms with Gasteiger partial charge in [0.25, 0.3) is 10.0 Å². The van der Waals surface area contributed by atoms with Gasteiger partial charge < -0.3 is 4.90 Å². The summed E-state index contributed by atoms with van der Waals surface area (Å²) >= 11 is 6.30. The summed E-state index contributed by atoms with van der Waals surface area (Å²) in [5.41, 5.74) is 3.76. The number of aryl methyl sites for hydroxylation is 1. The summed E-state index contributed by atoms with van der Waals surface area (Å²) in [5.74, 6) is 0.213. The largest absolute Gasteiger partial charge is 0.363 e. The van der Waals surface area contributed by atoms with Crippen molar-refractivity contribution in [1.82, 2.24) is 0 Å². The van der Waals surface area contributed by atoms with Crippen molar-refractivity contribution in [2.24, 2.45) is 0 Å². The molecule has 0 aromatic heterocycles. The van der Waals surface area contributed by atoms with Gasteiger partial charge in [-0.2, -0.15) is 0 Å². The second-order valence-corrected chi connectivity index (χ2v) is 9.40. The van der Waals surface area contributed by atoms with E-state index in [1.54, 1.807) is 12.1 Å². The van der Waals surface area contributed by atoms with Crippen LogP contribution < -0.4 is 9.21 Å². The molecule has 0 amide bonds. The zero-order valence-electron chi connectivity index (χ0n) is 16.2. The number of anilines is 2. The standard InChI is InChI=1S/C23H23ClN2O2S/c1-18-11-13-21(14-12-18)29(27,28)26-20(15-24)17-25(16-19-7-3-2-4-8-19)22-9-5-6-10-23(22)26/h2-14,20H,15-17H2,1H3/t20-/m0/s1. The molecule has 0 N–H and O–H groups in total. The van der Waals surface area contributed by atoms with Gasteiger partial charge in [0.2, 0.25) is 0 Å². The molecule has 4 rings (SSSR count). The molecule has 0 bridgehead atoms. The molecule has 1 atom stereocenters. The molecule has 1 aliphatic heterocycles. The van der Waals surface area contributed by atoms with Crippen molar-refractivity contribution in [3.63, 3.8) is 0 Å². The number of halogens is 1. The predicted octanol–water partition coefficient (Wildman–Crippen LogP) is 4.82. The van der Waals surface area contributed by atoms with Crippen LogP contribution in [0.5, 0.6) is 0 Å². The second kappa shape index (κ2) is 8.09. The smallest absolute Gasteiger partial charge is 0.264 e. The summed E-state index contributed by atoms with van der Waals surface area (Å²) in [4.78, 5) is 2.49. The third-order valence-electron chi connectivity index (χ3n) is 5.19. The van der Waals surface area contributed by atoms with Gasteiger partial charge in [-0.15, -0.1) is 11.6 Å². The van der Waals surface area contributed by atoms with E-state index < -0.39 is 10.0 Å². The Bertz CT molecular complexity index is 1090. The molecule has 0 radical (unpaired) electrons. The van der Waals surface area contributed by atoms with Gasteiger partial charge in [-0.25, -0.2) is 8.42 Å². The molecule has 1 aliphatic rings. The number of para-hydroxylation sites is 2. The first-order valence-electron chi connectivity index (χ1n) is 9.55. The van der Waals surface area contributed by atoms with Crippen LogP contribution in [0.3, 0.4) is 0 Å². The van der Waals surface area contributed by atoms with Crippen molar-refractivity contribution < 1.29 is 8.42 Å². The van der Waals surface area contributed by atoms with Crippen LogP contribution in [-0.4, -0.2) is 26.9 Å². The van der Waals surface area contributed by atoms with Crippen LogP contribution in [0.15, 0.2) is 83.8 Å². The summed E-state index contributed by atoms with van der Waals surface area (Å²) in [7, 11) is -3.73. The fourth-order valence-electron chi connectivity index (χ4n) is 3.76. The minimum atomic E-state index is -3.73. The number of fused-ring (bicyclic) bond motifs is 1. The van der Waals surface area contributed by atoms with Crippen LogP contribution in [0.2, 0.25) is 0 Å². The van der Waals surface area contributed by atoms with Crippen LogP contribution in [0.4, 0.5) is 11.4 Å². The highest BCUT2D eigenvalue weighted by Gasteiger charge is 2.38. The van der Waals surface area contributed by atoms with E-state index in [2.05, 4.69) is 17.0 Å². The van der Waals surface area contributed by atoms with Crippen molar-refractivity contribution in [2.75, 3.05) is 21.6 Å². The van der Waals surface area contributed by atoms with E-state index in [-0.39, 0.29) is 16.8 Å². The monoisotopic (exact) mass is 426 g/mol. The van der Waals surface area contributed by atoms with Crippen LogP contribution in [0, 0.1) is 6.92 Å². The molecule has 150 valence electrons. The lowest BCUT2D eigenvalue weighted by molar-refractivity contribution is 0.571. The second-order valence-electron chi connectivity index (χ2n) is 7.28. The number of rotatable bonds is 5.